The summed E-state index contributed by atoms with van der Waals surface area (Å²) in [6.45, 7) is 1.90. The molecule has 0 aliphatic carbocycles. The van der Waals surface area contributed by atoms with Crippen molar-refractivity contribution in [3.63, 3.8) is 0 Å². The van der Waals surface area contributed by atoms with E-state index in [0.717, 1.165) is 4.47 Å². The van der Waals surface area contributed by atoms with Crippen LogP contribution in [0.2, 0.25) is 0 Å². The topological polar surface area (TPSA) is 61.3 Å². The van der Waals surface area contributed by atoms with Gasteiger partial charge in [-0.15, -0.1) is 0 Å². The second-order valence-corrected chi connectivity index (χ2v) is 3.19. The Morgan fingerprint density at radius 3 is 2.71 bits per heavy atom. The minimum absolute atomic E-state index is 0.154. The number of hydrogen-bond acceptors (Lipinski definition) is 5. The zero-order valence-electron chi connectivity index (χ0n) is 7.57. The highest BCUT2D eigenvalue weighted by molar-refractivity contribution is 9.10. The third kappa shape index (κ3) is 3.69. The molecule has 0 aromatic carbocycles. The molecule has 0 unspecified atom stereocenters. The number of rotatable bonds is 4. The summed E-state index contributed by atoms with van der Waals surface area (Å²) in [7, 11) is 0. The fourth-order valence-electron chi connectivity index (χ4n) is 0.701. The van der Waals surface area contributed by atoms with E-state index in [-0.39, 0.29) is 12.6 Å². The molecular formula is C8H9BrN2O3. The van der Waals surface area contributed by atoms with Crippen molar-refractivity contribution in [2.75, 3.05) is 13.2 Å². The van der Waals surface area contributed by atoms with Gasteiger partial charge in [0, 0.05) is 12.4 Å². The van der Waals surface area contributed by atoms with Crippen LogP contribution >= 0.6 is 15.9 Å². The van der Waals surface area contributed by atoms with Crippen LogP contribution in [0.5, 0.6) is 6.01 Å². The largest absolute Gasteiger partial charge is 0.463 e. The summed E-state index contributed by atoms with van der Waals surface area (Å²) in [6, 6.07) is 0.154. The summed E-state index contributed by atoms with van der Waals surface area (Å²) < 4.78 is 10.4. The standard InChI is InChI=1S/C8H9BrN2O3/c1-2-13-7(12)5-14-8-10-3-6(9)4-11-8/h3-4H,2,5H2,1H3. The van der Waals surface area contributed by atoms with Crippen LogP contribution in [0.25, 0.3) is 0 Å². The van der Waals surface area contributed by atoms with Crippen LogP contribution in [0, 0.1) is 0 Å². The Morgan fingerprint density at radius 2 is 2.14 bits per heavy atom. The van der Waals surface area contributed by atoms with Crippen molar-refractivity contribution in [2.45, 2.75) is 6.92 Å². The Balaban J connectivity index is 2.38. The van der Waals surface area contributed by atoms with Crippen molar-refractivity contribution in [1.29, 1.82) is 0 Å². The van der Waals surface area contributed by atoms with Gasteiger partial charge in [0.1, 0.15) is 0 Å². The van der Waals surface area contributed by atoms with E-state index in [0.29, 0.717) is 6.61 Å². The smallest absolute Gasteiger partial charge is 0.344 e. The Bertz CT molecular complexity index is 302. The highest BCUT2D eigenvalue weighted by Crippen LogP contribution is 2.07. The van der Waals surface area contributed by atoms with Gasteiger partial charge in [-0.2, -0.15) is 0 Å². The van der Waals surface area contributed by atoms with E-state index in [2.05, 4.69) is 30.6 Å². The van der Waals surface area contributed by atoms with Gasteiger partial charge < -0.3 is 9.47 Å². The van der Waals surface area contributed by atoms with Gasteiger partial charge in [0.15, 0.2) is 6.61 Å². The van der Waals surface area contributed by atoms with Gasteiger partial charge >= 0.3 is 12.0 Å². The first-order chi connectivity index (χ1) is 6.72. The van der Waals surface area contributed by atoms with E-state index < -0.39 is 5.97 Å². The molecule has 0 N–H and O–H groups in total. The first-order valence-corrected chi connectivity index (χ1v) is 4.77. The molecule has 6 heteroatoms. The molecule has 1 aromatic rings. The maximum absolute atomic E-state index is 10.9. The Morgan fingerprint density at radius 1 is 1.50 bits per heavy atom. The number of carbonyl (C=O) groups is 1. The van der Waals surface area contributed by atoms with Gasteiger partial charge in [-0.1, -0.05) is 0 Å². The number of carbonyl (C=O) groups excluding carboxylic acids is 1. The molecule has 14 heavy (non-hydrogen) atoms. The maximum atomic E-state index is 10.9. The highest BCUT2D eigenvalue weighted by Gasteiger charge is 2.04. The average Bonchev–Trinajstić information content (AvgIpc) is 2.17. The van der Waals surface area contributed by atoms with Crippen molar-refractivity contribution >= 4 is 21.9 Å². The number of aromatic nitrogens is 2. The third-order valence-electron chi connectivity index (χ3n) is 1.22. The quantitative estimate of drug-likeness (QED) is 0.761. The molecule has 5 nitrogen and oxygen atoms in total. The average molecular weight is 261 g/mol. The van der Waals surface area contributed by atoms with Crippen LogP contribution in [-0.4, -0.2) is 29.2 Å². The van der Waals surface area contributed by atoms with Crippen molar-refractivity contribution in [2.24, 2.45) is 0 Å². The summed E-state index contributed by atoms with van der Waals surface area (Å²) in [4.78, 5) is 18.5. The first-order valence-electron chi connectivity index (χ1n) is 3.98. The number of ether oxygens (including phenoxy) is 2. The number of hydrogen-bond donors (Lipinski definition) is 0. The minimum Gasteiger partial charge on any atom is -0.463 e. The van der Waals surface area contributed by atoms with Crippen LogP contribution in [-0.2, 0) is 9.53 Å². The Labute approximate surface area is 89.6 Å². The lowest BCUT2D eigenvalue weighted by Crippen LogP contribution is -2.15. The molecule has 0 aliphatic rings. The molecule has 76 valence electrons. The van der Waals surface area contributed by atoms with Crippen LogP contribution < -0.4 is 4.74 Å². The fourth-order valence-corrected chi connectivity index (χ4v) is 0.906. The normalized spacial score (nSPS) is 9.57. The summed E-state index contributed by atoms with van der Waals surface area (Å²) in [5.74, 6) is -0.431. The first kappa shape index (κ1) is 10.9. The molecule has 1 rings (SSSR count). The van der Waals surface area contributed by atoms with Gasteiger partial charge in [-0.25, -0.2) is 14.8 Å². The third-order valence-corrected chi connectivity index (χ3v) is 1.63. The number of esters is 1. The van der Waals surface area contributed by atoms with Gasteiger partial charge in [0.2, 0.25) is 0 Å². The molecule has 0 spiro atoms. The van der Waals surface area contributed by atoms with Crippen LogP contribution in [0.1, 0.15) is 6.92 Å². The molecule has 1 aromatic heterocycles. The Kier molecular flexibility index (Phi) is 4.31. The van der Waals surface area contributed by atoms with E-state index in [1.165, 1.54) is 12.4 Å². The van der Waals surface area contributed by atoms with Crippen molar-refractivity contribution in [3.05, 3.63) is 16.9 Å². The second kappa shape index (κ2) is 5.54. The number of halogens is 1. The van der Waals surface area contributed by atoms with E-state index in [9.17, 15) is 4.79 Å². The summed E-state index contributed by atoms with van der Waals surface area (Å²) in [5.41, 5.74) is 0. The molecule has 1 heterocycles. The van der Waals surface area contributed by atoms with E-state index in [1.807, 2.05) is 0 Å². The SMILES string of the molecule is CCOC(=O)COc1ncc(Br)cn1. The summed E-state index contributed by atoms with van der Waals surface area (Å²) in [6.07, 6.45) is 3.07. The van der Waals surface area contributed by atoms with E-state index >= 15 is 0 Å². The predicted molar refractivity (Wildman–Crippen MR) is 51.9 cm³/mol. The lowest BCUT2D eigenvalue weighted by atomic mass is 10.7. The second-order valence-electron chi connectivity index (χ2n) is 2.28. The fraction of sp³-hybridized carbons (Fsp3) is 0.375. The maximum Gasteiger partial charge on any atom is 0.344 e. The number of nitrogens with zero attached hydrogens (tertiary/aromatic N) is 2. The van der Waals surface area contributed by atoms with E-state index in [1.54, 1.807) is 6.92 Å². The lowest BCUT2D eigenvalue weighted by molar-refractivity contribution is -0.145. The molecule has 0 aliphatic heterocycles. The Hall–Kier alpha value is -1.17. The summed E-state index contributed by atoms with van der Waals surface area (Å²) >= 11 is 3.18. The lowest BCUT2D eigenvalue weighted by Gasteiger charge is -2.02. The van der Waals surface area contributed by atoms with Gasteiger partial charge in [0.05, 0.1) is 11.1 Å². The van der Waals surface area contributed by atoms with Gasteiger partial charge in [0.25, 0.3) is 0 Å². The minimum atomic E-state index is -0.431. The van der Waals surface area contributed by atoms with Crippen molar-refractivity contribution in [3.8, 4) is 6.01 Å². The van der Waals surface area contributed by atoms with Crippen LogP contribution in [0.4, 0.5) is 0 Å². The molecule has 0 fully saturated rings. The van der Waals surface area contributed by atoms with Gasteiger partial charge in [-0.3, -0.25) is 0 Å². The van der Waals surface area contributed by atoms with E-state index in [4.69, 9.17) is 4.74 Å². The molecule has 0 amide bonds. The molecule has 0 saturated heterocycles. The van der Waals surface area contributed by atoms with Crippen LogP contribution in [0.15, 0.2) is 16.9 Å². The van der Waals surface area contributed by atoms with Crippen LogP contribution in [0.3, 0.4) is 0 Å². The molecule has 0 bridgehead atoms. The molecule has 0 atom stereocenters. The molecule has 0 radical (unpaired) electrons. The monoisotopic (exact) mass is 260 g/mol. The van der Waals surface area contributed by atoms with Gasteiger partial charge in [-0.05, 0) is 22.9 Å². The van der Waals surface area contributed by atoms with Crippen molar-refractivity contribution in [1.82, 2.24) is 9.97 Å². The summed E-state index contributed by atoms with van der Waals surface area (Å²) in [5, 5.41) is 0. The predicted octanol–water partition coefficient (Wildman–Crippen LogP) is 1.18. The zero-order valence-corrected chi connectivity index (χ0v) is 9.15. The zero-order chi connectivity index (χ0) is 10.4. The highest BCUT2D eigenvalue weighted by atomic mass is 79.9. The molecule has 0 saturated carbocycles. The van der Waals surface area contributed by atoms with Crippen molar-refractivity contribution < 1.29 is 14.3 Å². The molecular weight excluding hydrogens is 252 g/mol.